The molecular weight excluding hydrogens is 540 g/mol. The van der Waals surface area contributed by atoms with Gasteiger partial charge in [-0.3, -0.25) is 0 Å². The molecule has 42 heavy (non-hydrogen) atoms. The van der Waals surface area contributed by atoms with E-state index in [0.29, 0.717) is 22.3 Å². The van der Waals surface area contributed by atoms with Crippen LogP contribution in [-0.4, -0.2) is 60.3 Å². The molecule has 0 aliphatic heterocycles. The summed E-state index contributed by atoms with van der Waals surface area (Å²) in [6.07, 6.45) is 0. The zero-order valence-corrected chi connectivity index (χ0v) is 23.6. The molecule has 3 aromatic rings. The summed E-state index contributed by atoms with van der Waals surface area (Å²) in [6, 6.07) is 12.8. The minimum atomic E-state index is -0.683. The Bertz CT molecular complexity index is 1430. The second-order valence-corrected chi connectivity index (χ2v) is 8.22. The van der Waals surface area contributed by atoms with Crippen LogP contribution in [0.15, 0.2) is 48.5 Å². The topological polar surface area (TPSA) is 131 Å². The summed E-state index contributed by atoms with van der Waals surface area (Å²) in [6.45, 7) is 7.24. The fourth-order valence-electron chi connectivity index (χ4n) is 3.41. The molecule has 0 aliphatic carbocycles. The molecule has 0 aliphatic rings. The van der Waals surface area contributed by atoms with Gasteiger partial charge in [-0.2, -0.15) is 0 Å². The number of rotatable bonds is 8. The number of nitrogens with zero attached hydrogens (tertiary/aromatic N) is 2. The summed E-state index contributed by atoms with van der Waals surface area (Å²) in [7, 11) is 0. The minimum Gasteiger partial charge on any atom is -0.461 e. The van der Waals surface area contributed by atoms with Crippen molar-refractivity contribution in [2.24, 2.45) is 0 Å². The Balaban J connectivity index is 1.94. The number of ether oxygens (including phenoxy) is 4. The number of carbonyl (C=O) groups excluding carboxylic acids is 4. The lowest BCUT2D eigenvalue weighted by molar-refractivity contribution is 0.0492. The Morgan fingerprint density at radius 1 is 0.500 bits per heavy atom. The summed E-state index contributed by atoms with van der Waals surface area (Å²) >= 11 is 0. The van der Waals surface area contributed by atoms with Gasteiger partial charge in [0, 0.05) is 22.3 Å². The van der Waals surface area contributed by atoms with Gasteiger partial charge in [-0.05, 0) is 70.2 Å². The molecule has 214 valence electrons. The smallest absolute Gasteiger partial charge is 0.356 e. The van der Waals surface area contributed by atoms with E-state index in [1.165, 1.54) is 24.3 Å². The molecule has 0 saturated carbocycles. The second kappa shape index (κ2) is 15.3. The van der Waals surface area contributed by atoms with E-state index in [-0.39, 0.29) is 49.2 Å². The number of esters is 4. The summed E-state index contributed by atoms with van der Waals surface area (Å²) in [5, 5.41) is 0. The number of carbonyl (C=O) groups is 4. The normalized spacial score (nSPS) is 9.81. The molecule has 10 nitrogen and oxygen atoms in total. The van der Waals surface area contributed by atoms with Crippen molar-refractivity contribution in [1.82, 2.24) is 9.97 Å². The SMILES string of the molecule is CCOC(=O)c1cc(C#Cc2cccc(C#Cc3cc(C(=O)OCC)nc(C(=O)OCC)c3)c2)cc(C(=O)OCC)n1. The van der Waals surface area contributed by atoms with Gasteiger partial charge in [0.15, 0.2) is 22.8 Å². The lowest BCUT2D eigenvalue weighted by atomic mass is 10.1. The van der Waals surface area contributed by atoms with Crippen molar-refractivity contribution in [3.63, 3.8) is 0 Å². The Morgan fingerprint density at radius 2 is 0.786 bits per heavy atom. The molecule has 1 aromatic carbocycles. The fourth-order valence-corrected chi connectivity index (χ4v) is 3.41. The van der Waals surface area contributed by atoms with Gasteiger partial charge >= 0.3 is 23.9 Å². The van der Waals surface area contributed by atoms with E-state index in [4.69, 9.17) is 18.9 Å². The van der Waals surface area contributed by atoms with Crippen molar-refractivity contribution in [2.45, 2.75) is 27.7 Å². The van der Waals surface area contributed by atoms with Crippen LogP contribution in [0.25, 0.3) is 0 Å². The summed E-state index contributed by atoms with van der Waals surface area (Å²) in [5.74, 6) is 9.12. The van der Waals surface area contributed by atoms with Gasteiger partial charge in [0.05, 0.1) is 26.4 Å². The third kappa shape index (κ3) is 8.77. The summed E-state index contributed by atoms with van der Waals surface area (Å²) < 4.78 is 20.0. The maximum Gasteiger partial charge on any atom is 0.356 e. The molecule has 2 aromatic heterocycles. The number of aromatic nitrogens is 2. The third-order valence-electron chi connectivity index (χ3n) is 5.15. The first-order valence-corrected chi connectivity index (χ1v) is 13.1. The molecule has 0 unspecified atom stereocenters. The molecule has 0 fully saturated rings. The van der Waals surface area contributed by atoms with Crippen molar-refractivity contribution in [3.05, 3.63) is 93.6 Å². The molecular formula is C32H28N2O8. The van der Waals surface area contributed by atoms with Crippen LogP contribution in [-0.2, 0) is 18.9 Å². The number of pyridine rings is 2. The van der Waals surface area contributed by atoms with Crippen LogP contribution in [0.1, 0.15) is 91.9 Å². The van der Waals surface area contributed by atoms with Crippen molar-refractivity contribution in [3.8, 4) is 23.7 Å². The van der Waals surface area contributed by atoms with Crippen LogP contribution in [0.4, 0.5) is 0 Å². The van der Waals surface area contributed by atoms with E-state index < -0.39 is 23.9 Å². The summed E-state index contributed by atoms with van der Waals surface area (Å²) in [5.41, 5.74) is 1.68. The largest absolute Gasteiger partial charge is 0.461 e. The third-order valence-corrected chi connectivity index (χ3v) is 5.15. The first-order chi connectivity index (χ1) is 20.3. The highest BCUT2D eigenvalue weighted by Crippen LogP contribution is 2.12. The van der Waals surface area contributed by atoms with Crippen molar-refractivity contribution < 1.29 is 38.1 Å². The van der Waals surface area contributed by atoms with Gasteiger partial charge in [0.1, 0.15) is 0 Å². The maximum absolute atomic E-state index is 12.3. The molecule has 0 atom stereocenters. The van der Waals surface area contributed by atoms with Crippen LogP contribution >= 0.6 is 0 Å². The van der Waals surface area contributed by atoms with Gasteiger partial charge in [0.2, 0.25) is 0 Å². The van der Waals surface area contributed by atoms with Gasteiger partial charge < -0.3 is 18.9 Å². The first kappa shape index (κ1) is 31.1. The Kier molecular flexibility index (Phi) is 11.3. The summed E-state index contributed by atoms with van der Waals surface area (Å²) in [4.78, 5) is 57.2. The number of hydrogen-bond donors (Lipinski definition) is 0. The standard InChI is InChI=1S/C32H28N2O8/c1-5-39-29(35)25-17-23(18-26(33-25)30(36)40-6-2)14-12-21-10-9-11-22(16-21)13-15-24-19-27(31(37)41-7-3)34-28(20-24)32(38)42-8-4/h9-11,16-20H,5-8H2,1-4H3. The lowest BCUT2D eigenvalue weighted by Gasteiger charge is -2.05. The molecule has 2 heterocycles. The molecule has 3 rings (SSSR count). The highest BCUT2D eigenvalue weighted by molar-refractivity contribution is 5.93. The number of benzene rings is 1. The van der Waals surface area contributed by atoms with Crippen LogP contribution in [0.2, 0.25) is 0 Å². The second-order valence-electron chi connectivity index (χ2n) is 8.22. The van der Waals surface area contributed by atoms with E-state index in [1.807, 2.05) is 0 Å². The highest BCUT2D eigenvalue weighted by Gasteiger charge is 2.17. The van der Waals surface area contributed by atoms with E-state index in [1.54, 1.807) is 52.0 Å². The Morgan fingerprint density at radius 3 is 1.07 bits per heavy atom. The Hall–Kier alpha value is -5.48. The molecule has 0 radical (unpaired) electrons. The average molecular weight is 569 g/mol. The first-order valence-electron chi connectivity index (χ1n) is 13.1. The quantitative estimate of drug-likeness (QED) is 0.223. The zero-order chi connectivity index (χ0) is 30.5. The van der Waals surface area contributed by atoms with E-state index in [0.717, 1.165) is 0 Å². The number of hydrogen-bond acceptors (Lipinski definition) is 10. The minimum absolute atomic E-state index is 0.0620. The zero-order valence-electron chi connectivity index (χ0n) is 23.6. The van der Waals surface area contributed by atoms with Crippen molar-refractivity contribution >= 4 is 23.9 Å². The molecule has 0 spiro atoms. The average Bonchev–Trinajstić information content (AvgIpc) is 2.99. The maximum atomic E-state index is 12.3. The Labute approximate surface area is 243 Å². The van der Waals surface area contributed by atoms with Gasteiger partial charge in [-0.15, -0.1) is 0 Å². The monoisotopic (exact) mass is 568 g/mol. The molecule has 10 heteroatoms. The van der Waals surface area contributed by atoms with E-state index >= 15 is 0 Å². The van der Waals surface area contributed by atoms with Gasteiger partial charge in [-0.1, -0.05) is 29.7 Å². The molecule has 0 bridgehead atoms. The predicted octanol–water partition coefficient (Wildman–Crippen LogP) is 3.98. The fraction of sp³-hybridized carbons (Fsp3) is 0.250. The van der Waals surface area contributed by atoms with E-state index in [2.05, 4.69) is 33.6 Å². The van der Waals surface area contributed by atoms with Crippen LogP contribution in [0.5, 0.6) is 0 Å². The van der Waals surface area contributed by atoms with E-state index in [9.17, 15) is 19.2 Å². The molecule has 0 N–H and O–H groups in total. The molecule has 0 saturated heterocycles. The lowest BCUT2D eigenvalue weighted by Crippen LogP contribution is -2.13. The van der Waals surface area contributed by atoms with Gasteiger partial charge in [-0.25, -0.2) is 29.1 Å². The van der Waals surface area contributed by atoms with Crippen LogP contribution < -0.4 is 0 Å². The highest BCUT2D eigenvalue weighted by atomic mass is 16.5. The van der Waals surface area contributed by atoms with Gasteiger partial charge in [0.25, 0.3) is 0 Å². The van der Waals surface area contributed by atoms with Crippen LogP contribution in [0, 0.1) is 23.7 Å². The van der Waals surface area contributed by atoms with Crippen molar-refractivity contribution in [2.75, 3.05) is 26.4 Å². The van der Waals surface area contributed by atoms with Crippen LogP contribution in [0.3, 0.4) is 0 Å². The molecule has 0 amide bonds. The van der Waals surface area contributed by atoms with Crippen molar-refractivity contribution in [1.29, 1.82) is 0 Å². The predicted molar refractivity (Wildman–Crippen MR) is 151 cm³/mol.